The Kier molecular flexibility index (Phi) is 6.79. The molecule has 0 aliphatic heterocycles. The Hall–Kier alpha value is -1.68. The molecule has 0 aromatic heterocycles. The molecule has 0 fully saturated rings. The normalized spacial score (nSPS) is 15.0. The summed E-state index contributed by atoms with van der Waals surface area (Å²) in [6, 6.07) is 0. The molecule has 0 heterocycles. The van der Waals surface area contributed by atoms with Gasteiger partial charge in [-0.2, -0.15) is 0 Å². The number of ether oxygens (including phenoxy) is 1. The molecule has 1 unspecified atom stereocenters. The molecule has 0 spiro atoms. The van der Waals surface area contributed by atoms with Crippen molar-refractivity contribution in [3.05, 3.63) is 49.4 Å². The van der Waals surface area contributed by atoms with Crippen molar-refractivity contribution in [1.82, 2.24) is 0 Å². The molecule has 0 aromatic carbocycles. The van der Waals surface area contributed by atoms with Gasteiger partial charge in [-0.05, 0) is 13.0 Å². The Balaban J connectivity index is 4.80. The average molecular weight is 225 g/mol. The van der Waals surface area contributed by atoms with Gasteiger partial charge in [0, 0.05) is 5.57 Å². The lowest BCUT2D eigenvalue weighted by molar-refractivity contribution is 0.130. The maximum atomic E-state index is 13.3. The van der Waals surface area contributed by atoms with Gasteiger partial charge in [0.2, 0.25) is 0 Å². The Morgan fingerprint density at radius 3 is 2.44 bits per heavy atom. The van der Waals surface area contributed by atoms with Crippen molar-refractivity contribution in [2.45, 2.75) is 13.0 Å². The minimum Gasteiger partial charge on any atom is -0.411 e. The molecule has 4 heteroatoms. The van der Waals surface area contributed by atoms with E-state index in [-0.39, 0.29) is 24.0 Å². The minimum atomic E-state index is -0.613. The van der Waals surface area contributed by atoms with E-state index in [9.17, 15) is 4.39 Å². The number of nitrogens with zero attached hydrogens (tertiary/aromatic N) is 1. The second kappa shape index (κ2) is 7.59. The van der Waals surface area contributed by atoms with Crippen molar-refractivity contribution in [3.8, 4) is 0 Å². The van der Waals surface area contributed by atoms with Gasteiger partial charge in [0.25, 0.3) is 0 Å². The van der Waals surface area contributed by atoms with Crippen molar-refractivity contribution in [2.75, 3.05) is 6.61 Å². The van der Waals surface area contributed by atoms with Crippen LogP contribution >= 0.6 is 0 Å². The summed E-state index contributed by atoms with van der Waals surface area (Å²) in [4.78, 5) is 0. The Morgan fingerprint density at radius 1 is 1.44 bits per heavy atom. The summed E-state index contributed by atoms with van der Waals surface area (Å²) in [5.41, 5.74) is 0.120. The number of allylic oxidation sites excluding steroid dienone is 3. The first-order chi connectivity index (χ1) is 7.60. The Morgan fingerprint density at radius 2 is 2.06 bits per heavy atom. The van der Waals surface area contributed by atoms with Crippen molar-refractivity contribution < 1.29 is 14.3 Å². The molecular weight excluding hydrogens is 209 g/mol. The first kappa shape index (κ1) is 14.3. The Bertz CT molecular complexity index is 332. The quantitative estimate of drug-likeness (QED) is 0.238. The summed E-state index contributed by atoms with van der Waals surface area (Å²) < 4.78 is 18.5. The van der Waals surface area contributed by atoms with E-state index >= 15 is 0 Å². The van der Waals surface area contributed by atoms with Crippen LogP contribution in [0.5, 0.6) is 0 Å². The Labute approximate surface area is 94.9 Å². The molecule has 0 saturated heterocycles. The summed E-state index contributed by atoms with van der Waals surface area (Å²) in [5.74, 6) is -0.613. The van der Waals surface area contributed by atoms with E-state index in [2.05, 4.69) is 24.9 Å². The molecule has 0 rings (SSSR count). The van der Waals surface area contributed by atoms with E-state index in [0.717, 1.165) is 6.08 Å². The second-order valence-corrected chi connectivity index (χ2v) is 2.97. The fourth-order valence-corrected chi connectivity index (χ4v) is 0.902. The summed E-state index contributed by atoms with van der Waals surface area (Å²) in [6.45, 7) is 12.0. The van der Waals surface area contributed by atoms with Gasteiger partial charge < -0.3 is 9.94 Å². The molecule has 1 N–H and O–H groups in total. The standard InChI is InChI=1S/C12H16FNO2/c1-5-9(4)16-8-12(14-15)10(6-2)11(13)7-3/h5-7,9,15H,1-3,8H2,4H3/b11-10-,14-12+. The third-order valence-electron chi connectivity index (χ3n) is 1.89. The summed E-state index contributed by atoms with van der Waals surface area (Å²) in [5, 5.41) is 11.7. The lowest BCUT2D eigenvalue weighted by Gasteiger charge is -2.10. The van der Waals surface area contributed by atoms with E-state index in [1.165, 1.54) is 6.08 Å². The highest BCUT2D eigenvalue weighted by Crippen LogP contribution is 2.11. The predicted molar refractivity (Wildman–Crippen MR) is 63.4 cm³/mol. The van der Waals surface area contributed by atoms with Gasteiger partial charge in [0.1, 0.15) is 11.5 Å². The minimum absolute atomic E-state index is 0.0354. The van der Waals surface area contributed by atoms with Crippen molar-refractivity contribution in [3.63, 3.8) is 0 Å². The molecule has 0 aliphatic rings. The van der Waals surface area contributed by atoms with Crippen LogP contribution in [0.1, 0.15) is 6.92 Å². The van der Waals surface area contributed by atoms with Gasteiger partial charge in [-0.3, -0.25) is 0 Å². The molecule has 0 bridgehead atoms. The number of hydrogen-bond donors (Lipinski definition) is 1. The van der Waals surface area contributed by atoms with Crippen LogP contribution in [-0.4, -0.2) is 23.6 Å². The summed E-state index contributed by atoms with van der Waals surface area (Å²) in [7, 11) is 0. The monoisotopic (exact) mass is 225 g/mol. The van der Waals surface area contributed by atoms with Crippen LogP contribution in [-0.2, 0) is 4.74 Å². The summed E-state index contributed by atoms with van der Waals surface area (Å²) in [6.07, 6.45) is 3.62. The highest BCUT2D eigenvalue weighted by Gasteiger charge is 2.11. The van der Waals surface area contributed by atoms with Crippen molar-refractivity contribution >= 4 is 5.71 Å². The molecule has 0 aromatic rings. The number of rotatable bonds is 7. The van der Waals surface area contributed by atoms with Gasteiger partial charge in [-0.15, -0.1) is 6.58 Å². The third kappa shape index (κ3) is 4.23. The molecule has 1 atom stereocenters. The first-order valence-electron chi connectivity index (χ1n) is 4.70. The molecule has 0 aliphatic carbocycles. The van der Waals surface area contributed by atoms with Crippen LogP contribution in [0.3, 0.4) is 0 Å². The molecular formula is C12H16FNO2. The highest BCUT2D eigenvalue weighted by atomic mass is 19.1. The topological polar surface area (TPSA) is 41.8 Å². The van der Waals surface area contributed by atoms with E-state index in [1.54, 1.807) is 13.0 Å². The zero-order valence-electron chi connectivity index (χ0n) is 9.32. The number of halogens is 1. The zero-order valence-corrected chi connectivity index (χ0v) is 9.32. The smallest absolute Gasteiger partial charge is 0.131 e. The fraction of sp³-hybridized carbons (Fsp3) is 0.250. The number of hydrogen-bond acceptors (Lipinski definition) is 3. The largest absolute Gasteiger partial charge is 0.411 e. The van der Waals surface area contributed by atoms with Gasteiger partial charge in [0.15, 0.2) is 0 Å². The maximum Gasteiger partial charge on any atom is 0.131 e. The lowest BCUT2D eigenvalue weighted by atomic mass is 10.1. The van der Waals surface area contributed by atoms with E-state index in [0.29, 0.717) is 0 Å². The maximum absolute atomic E-state index is 13.3. The number of oxime groups is 1. The van der Waals surface area contributed by atoms with Crippen LogP contribution in [0.4, 0.5) is 4.39 Å². The molecule has 0 radical (unpaired) electrons. The average Bonchev–Trinajstić information content (AvgIpc) is 2.32. The van der Waals surface area contributed by atoms with Crippen molar-refractivity contribution in [1.29, 1.82) is 0 Å². The molecule has 88 valence electrons. The molecule has 0 amide bonds. The van der Waals surface area contributed by atoms with Gasteiger partial charge >= 0.3 is 0 Å². The first-order valence-corrected chi connectivity index (χ1v) is 4.70. The van der Waals surface area contributed by atoms with Crippen LogP contribution < -0.4 is 0 Å². The zero-order chi connectivity index (χ0) is 12.6. The SMILES string of the molecule is C=C/C(F)=C(C=C)/C(COC(C)C=C)=N/O. The van der Waals surface area contributed by atoms with Crippen LogP contribution in [0.25, 0.3) is 0 Å². The van der Waals surface area contributed by atoms with Crippen LogP contribution in [0.2, 0.25) is 0 Å². The van der Waals surface area contributed by atoms with E-state index < -0.39 is 5.83 Å². The lowest BCUT2D eigenvalue weighted by Crippen LogP contribution is -2.16. The van der Waals surface area contributed by atoms with Gasteiger partial charge in [-0.1, -0.05) is 30.5 Å². The van der Waals surface area contributed by atoms with Gasteiger partial charge in [-0.25, -0.2) is 4.39 Å². The highest BCUT2D eigenvalue weighted by molar-refractivity contribution is 6.03. The predicted octanol–water partition coefficient (Wildman–Crippen LogP) is 3.00. The molecule has 3 nitrogen and oxygen atoms in total. The molecule has 16 heavy (non-hydrogen) atoms. The second-order valence-electron chi connectivity index (χ2n) is 2.97. The van der Waals surface area contributed by atoms with Crippen molar-refractivity contribution in [2.24, 2.45) is 5.16 Å². The molecule has 0 saturated carbocycles. The third-order valence-corrected chi connectivity index (χ3v) is 1.89. The van der Waals surface area contributed by atoms with Crippen LogP contribution in [0.15, 0.2) is 54.5 Å². The fourth-order valence-electron chi connectivity index (χ4n) is 0.902. The van der Waals surface area contributed by atoms with Crippen LogP contribution in [0, 0.1) is 0 Å². The van der Waals surface area contributed by atoms with E-state index in [1.807, 2.05) is 0 Å². The summed E-state index contributed by atoms with van der Waals surface area (Å²) >= 11 is 0. The van der Waals surface area contributed by atoms with E-state index in [4.69, 9.17) is 9.94 Å². The van der Waals surface area contributed by atoms with Gasteiger partial charge in [0.05, 0.1) is 12.7 Å².